The highest BCUT2D eigenvalue weighted by Gasteiger charge is 2.23. The van der Waals surface area contributed by atoms with Crippen LogP contribution in [-0.2, 0) is 6.54 Å². The molecule has 4 nitrogen and oxygen atoms in total. The predicted octanol–water partition coefficient (Wildman–Crippen LogP) is 6.39. The number of nitrogens with zero attached hydrogens (tertiary/aromatic N) is 2. The summed E-state index contributed by atoms with van der Waals surface area (Å²) in [5.41, 5.74) is 5.25. The van der Waals surface area contributed by atoms with Crippen molar-refractivity contribution in [1.29, 1.82) is 0 Å². The van der Waals surface area contributed by atoms with Gasteiger partial charge in [-0.2, -0.15) is 5.10 Å². The monoisotopic (exact) mass is 409 g/mol. The van der Waals surface area contributed by atoms with Crippen molar-refractivity contribution in [3.63, 3.8) is 0 Å². The summed E-state index contributed by atoms with van der Waals surface area (Å²) in [4.78, 5) is 13.2. The van der Waals surface area contributed by atoms with Gasteiger partial charge in [0.25, 0.3) is 5.91 Å². The van der Waals surface area contributed by atoms with Crippen LogP contribution in [0.1, 0.15) is 72.3 Å². The number of aryl methyl sites for hydroxylation is 1. The molecule has 3 aromatic rings. The highest BCUT2D eigenvalue weighted by molar-refractivity contribution is 6.33. The van der Waals surface area contributed by atoms with Crippen molar-refractivity contribution in [3.8, 4) is 0 Å². The maximum Gasteiger partial charge on any atom is 0.260 e. The van der Waals surface area contributed by atoms with E-state index in [9.17, 15) is 4.79 Å². The topological polar surface area (TPSA) is 46.9 Å². The molecule has 0 aliphatic carbocycles. The van der Waals surface area contributed by atoms with Gasteiger partial charge in [-0.25, -0.2) is 4.68 Å². The molecule has 2 aromatic carbocycles. The van der Waals surface area contributed by atoms with Crippen molar-refractivity contribution < 1.29 is 4.79 Å². The first-order chi connectivity index (χ1) is 13.8. The molecule has 152 valence electrons. The van der Waals surface area contributed by atoms with E-state index in [2.05, 4.69) is 56.3 Å². The fraction of sp³-hybridized carbons (Fsp3) is 0.333. The fourth-order valence-corrected chi connectivity index (χ4v) is 3.86. The molecule has 0 unspecified atom stereocenters. The lowest BCUT2D eigenvalue weighted by Crippen LogP contribution is -2.17. The van der Waals surface area contributed by atoms with Crippen LogP contribution in [0.4, 0.5) is 5.69 Å². The Balaban J connectivity index is 1.95. The lowest BCUT2D eigenvalue weighted by Gasteiger charge is -2.20. The van der Waals surface area contributed by atoms with Crippen molar-refractivity contribution >= 4 is 23.2 Å². The number of anilines is 1. The Kier molecular flexibility index (Phi) is 6.43. The Labute approximate surface area is 177 Å². The van der Waals surface area contributed by atoms with Crippen molar-refractivity contribution in [1.82, 2.24) is 9.78 Å². The standard InChI is InChI=1S/C24H28ClN3O/c1-15(2)19-12-9-13-20(16(3)4)22(19)26-24(29)21-17(5)27-28(23(21)25)14-18-10-7-6-8-11-18/h6-13,15-16H,14H2,1-5H3,(H,26,29). The Morgan fingerprint density at radius 1 is 1.00 bits per heavy atom. The van der Waals surface area contributed by atoms with Gasteiger partial charge >= 0.3 is 0 Å². The average molecular weight is 410 g/mol. The number of hydrogen-bond acceptors (Lipinski definition) is 2. The van der Waals surface area contributed by atoms with Gasteiger partial charge in [0.1, 0.15) is 5.15 Å². The number of aromatic nitrogens is 2. The van der Waals surface area contributed by atoms with E-state index in [0.29, 0.717) is 34.8 Å². The molecule has 5 heteroatoms. The van der Waals surface area contributed by atoms with E-state index in [0.717, 1.165) is 22.4 Å². The molecule has 0 saturated heterocycles. The van der Waals surface area contributed by atoms with Crippen LogP contribution >= 0.6 is 11.6 Å². The molecule has 0 saturated carbocycles. The molecule has 0 radical (unpaired) electrons. The van der Waals surface area contributed by atoms with Crippen LogP contribution in [0.3, 0.4) is 0 Å². The van der Waals surface area contributed by atoms with Crippen molar-refractivity contribution in [3.05, 3.63) is 81.6 Å². The maximum absolute atomic E-state index is 13.2. The summed E-state index contributed by atoms with van der Waals surface area (Å²) < 4.78 is 1.68. The van der Waals surface area contributed by atoms with Crippen LogP contribution in [0.15, 0.2) is 48.5 Å². The third-order valence-corrected chi connectivity index (χ3v) is 5.46. The normalized spacial score (nSPS) is 11.3. The summed E-state index contributed by atoms with van der Waals surface area (Å²) >= 11 is 6.58. The molecule has 0 aliphatic rings. The zero-order chi connectivity index (χ0) is 21.1. The van der Waals surface area contributed by atoms with Gasteiger partial charge in [-0.1, -0.05) is 87.8 Å². The van der Waals surface area contributed by atoms with Crippen LogP contribution in [0, 0.1) is 6.92 Å². The zero-order valence-corrected chi connectivity index (χ0v) is 18.4. The van der Waals surface area contributed by atoms with Crippen LogP contribution in [-0.4, -0.2) is 15.7 Å². The number of para-hydroxylation sites is 1. The number of amides is 1. The largest absolute Gasteiger partial charge is 0.321 e. The lowest BCUT2D eigenvalue weighted by atomic mass is 9.92. The maximum atomic E-state index is 13.2. The predicted molar refractivity (Wildman–Crippen MR) is 120 cm³/mol. The van der Waals surface area contributed by atoms with E-state index >= 15 is 0 Å². The summed E-state index contributed by atoms with van der Waals surface area (Å²) in [5.74, 6) is 0.365. The number of hydrogen-bond donors (Lipinski definition) is 1. The number of rotatable bonds is 6. The third kappa shape index (κ3) is 4.54. The van der Waals surface area contributed by atoms with Gasteiger partial charge < -0.3 is 5.32 Å². The molecule has 1 heterocycles. The van der Waals surface area contributed by atoms with E-state index in [-0.39, 0.29) is 5.91 Å². The minimum atomic E-state index is -0.221. The first-order valence-electron chi connectivity index (χ1n) is 10.0. The summed E-state index contributed by atoms with van der Waals surface area (Å²) in [6.45, 7) is 10.9. The van der Waals surface area contributed by atoms with Gasteiger partial charge in [-0.05, 0) is 35.4 Å². The molecular weight excluding hydrogens is 382 g/mol. The molecule has 0 fully saturated rings. The molecule has 1 N–H and O–H groups in total. The van der Waals surface area contributed by atoms with Crippen molar-refractivity contribution in [2.45, 2.75) is 53.0 Å². The lowest BCUT2D eigenvalue weighted by molar-refractivity contribution is 0.102. The van der Waals surface area contributed by atoms with Gasteiger partial charge in [-0.15, -0.1) is 0 Å². The summed E-state index contributed by atoms with van der Waals surface area (Å²) in [6, 6.07) is 16.1. The molecule has 1 aromatic heterocycles. The summed E-state index contributed by atoms with van der Waals surface area (Å²) in [7, 11) is 0. The second-order valence-electron chi connectivity index (χ2n) is 7.97. The summed E-state index contributed by atoms with van der Waals surface area (Å²) in [6.07, 6.45) is 0. The number of carbonyl (C=O) groups excluding carboxylic acids is 1. The second kappa shape index (κ2) is 8.83. The number of carbonyl (C=O) groups is 1. The molecule has 0 spiro atoms. The third-order valence-electron chi connectivity index (χ3n) is 5.08. The number of benzene rings is 2. The first-order valence-corrected chi connectivity index (χ1v) is 10.4. The van der Waals surface area contributed by atoms with Crippen molar-refractivity contribution in [2.24, 2.45) is 0 Å². The van der Waals surface area contributed by atoms with E-state index < -0.39 is 0 Å². The summed E-state index contributed by atoms with van der Waals surface area (Å²) in [5, 5.41) is 8.01. The minimum Gasteiger partial charge on any atom is -0.321 e. The first kappa shape index (κ1) is 21.1. The van der Waals surface area contributed by atoms with Gasteiger partial charge in [0, 0.05) is 5.69 Å². The van der Waals surface area contributed by atoms with Gasteiger partial charge in [0.15, 0.2) is 0 Å². The highest BCUT2D eigenvalue weighted by atomic mass is 35.5. The quantitative estimate of drug-likeness (QED) is 0.512. The van der Waals surface area contributed by atoms with E-state index in [1.54, 1.807) is 4.68 Å². The van der Waals surface area contributed by atoms with Crippen LogP contribution in [0.5, 0.6) is 0 Å². The molecular formula is C24H28ClN3O. The van der Waals surface area contributed by atoms with Crippen LogP contribution in [0.25, 0.3) is 0 Å². The Bertz CT molecular complexity index is 980. The van der Waals surface area contributed by atoms with Gasteiger partial charge in [0.05, 0.1) is 17.8 Å². The number of nitrogens with one attached hydrogen (secondary N) is 1. The average Bonchev–Trinajstić information content (AvgIpc) is 2.95. The Hall–Kier alpha value is -2.59. The van der Waals surface area contributed by atoms with Crippen LogP contribution < -0.4 is 5.32 Å². The minimum absolute atomic E-state index is 0.221. The van der Waals surface area contributed by atoms with Crippen LogP contribution in [0.2, 0.25) is 5.15 Å². The van der Waals surface area contributed by atoms with E-state index in [1.165, 1.54) is 0 Å². The second-order valence-corrected chi connectivity index (χ2v) is 8.33. The number of halogens is 1. The van der Waals surface area contributed by atoms with Gasteiger partial charge in [0.2, 0.25) is 0 Å². The zero-order valence-electron chi connectivity index (χ0n) is 17.7. The Morgan fingerprint density at radius 2 is 1.59 bits per heavy atom. The molecule has 0 atom stereocenters. The van der Waals surface area contributed by atoms with Gasteiger partial charge in [-0.3, -0.25) is 4.79 Å². The molecule has 1 amide bonds. The molecule has 0 bridgehead atoms. The Morgan fingerprint density at radius 3 is 2.14 bits per heavy atom. The molecule has 29 heavy (non-hydrogen) atoms. The SMILES string of the molecule is Cc1nn(Cc2ccccc2)c(Cl)c1C(=O)Nc1c(C(C)C)cccc1C(C)C. The smallest absolute Gasteiger partial charge is 0.260 e. The van der Waals surface area contributed by atoms with E-state index in [4.69, 9.17) is 11.6 Å². The van der Waals surface area contributed by atoms with E-state index in [1.807, 2.05) is 37.3 Å². The van der Waals surface area contributed by atoms with Crippen molar-refractivity contribution in [2.75, 3.05) is 5.32 Å². The molecule has 0 aliphatic heterocycles. The molecule has 3 rings (SSSR count). The fourth-order valence-electron chi connectivity index (χ4n) is 3.54. The highest BCUT2D eigenvalue weighted by Crippen LogP contribution is 2.33.